The number of rotatable bonds is 11. The number of β-amino-alcohol motifs (C(OH)–C–C–N with tert-alkyl or cyclic N) is 1. The lowest BCUT2D eigenvalue weighted by Gasteiger charge is -2.30. The molecule has 248 valence electrons. The van der Waals surface area contributed by atoms with Gasteiger partial charge in [0.05, 0.1) is 24.0 Å². The van der Waals surface area contributed by atoms with E-state index in [0.29, 0.717) is 17.8 Å². The van der Waals surface area contributed by atoms with Crippen molar-refractivity contribution in [1.29, 1.82) is 0 Å². The zero-order valence-electron chi connectivity index (χ0n) is 27.8. The summed E-state index contributed by atoms with van der Waals surface area (Å²) in [5, 5.41) is 21.5. The molecule has 4 aromatic rings. The molecule has 2 atom stereocenters. The largest absolute Gasteiger partial charge is 0.392 e. The third kappa shape index (κ3) is 8.36. The van der Waals surface area contributed by atoms with Crippen LogP contribution in [0.25, 0.3) is 22.8 Å². The Morgan fingerprint density at radius 3 is 2.25 bits per heavy atom. The maximum Gasteiger partial charge on any atom is 0.318 e. The van der Waals surface area contributed by atoms with Gasteiger partial charge >= 0.3 is 6.03 Å². The van der Waals surface area contributed by atoms with Gasteiger partial charge in [-0.05, 0) is 66.8 Å². The molecule has 0 aliphatic carbocycles. The molecule has 0 saturated carbocycles. The van der Waals surface area contributed by atoms with E-state index in [2.05, 4.69) is 21.3 Å². The van der Waals surface area contributed by atoms with Crippen LogP contribution in [0.5, 0.6) is 0 Å². The zero-order valence-corrected chi connectivity index (χ0v) is 27.8. The molecule has 48 heavy (non-hydrogen) atoms. The molecule has 1 aliphatic heterocycles. The molecule has 1 heterocycles. The number of nitrogens with one attached hydrogen (secondary N) is 4. The number of hydrogen-bond donors (Lipinski definition) is 5. The highest BCUT2D eigenvalue weighted by atomic mass is 16.3. The van der Waals surface area contributed by atoms with E-state index in [1.165, 1.54) is 0 Å². The number of carbonyl (C=O) groups is 3. The minimum absolute atomic E-state index is 0.107. The summed E-state index contributed by atoms with van der Waals surface area (Å²) in [5.41, 5.74) is 5.92. The molecule has 4 amide bonds. The number of aliphatic hydroxyl groups is 1. The van der Waals surface area contributed by atoms with Gasteiger partial charge in [-0.25, -0.2) is 4.79 Å². The van der Waals surface area contributed by atoms with Crippen molar-refractivity contribution in [2.75, 3.05) is 23.8 Å². The van der Waals surface area contributed by atoms with Gasteiger partial charge in [0.15, 0.2) is 0 Å². The highest BCUT2D eigenvalue weighted by Crippen LogP contribution is 2.35. The predicted molar refractivity (Wildman–Crippen MR) is 192 cm³/mol. The standard InChI is InChI=1S/C39H43N5O4/c1-26(45)24-41-39(2,3)23-35(46)43-36-32(28-12-6-5-7-13-28)22-30-14-8-11-17-34(30)44(37(36)47)25-27-18-20-29(21-19-27)31-15-9-10-16-33(31)42-38(48)40-4/h5-22,26,36,41,45H,23-25H2,1-4H3,(H,43,46)(H2,40,42,48)/t26-,36?/m1/s1. The van der Waals surface area contributed by atoms with Gasteiger partial charge in [-0.3, -0.25) is 9.59 Å². The molecule has 0 radical (unpaired) electrons. The lowest BCUT2D eigenvalue weighted by molar-refractivity contribution is -0.127. The van der Waals surface area contributed by atoms with E-state index in [4.69, 9.17) is 0 Å². The van der Waals surface area contributed by atoms with Crippen LogP contribution >= 0.6 is 0 Å². The number of hydrogen-bond acceptors (Lipinski definition) is 5. The highest BCUT2D eigenvalue weighted by Gasteiger charge is 2.35. The number of aliphatic hydroxyl groups excluding tert-OH is 1. The van der Waals surface area contributed by atoms with Crippen LogP contribution in [0.4, 0.5) is 16.2 Å². The molecule has 1 unspecified atom stereocenters. The molecule has 0 saturated heterocycles. The summed E-state index contributed by atoms with van der Waals surface area (Å²) < 4.78 is 0. The molecule has 1 aliphatic rings. The lowest BCUT2D eigenvalue weighted by Crippen LogP contribution is -2.52. The minimum Gasteiger partial charge on any atom is -0.392 e. The quantitative estimate of drug-likeness (QED) is 0.141. The Hall–Kier alpha value is -5.25. The smallest absolute Gasteiger partial charge is 0.318 e. The van der Waals surface area contributed by atoms with Crippen LogP contribution in [0.2, 0.25) is 0 Å². The Morgan fingerprint density at radius 2 is 1.54 bits per heavy atom. The molecule has 4 aromatic carbocycles. The van der Waals surface area contributed by atoms with Crippen molar-refractivity contribution in [2.24, 2.45) is 0 Å². The van der Waals surface area contributed by atoms with E-state index in [9.17, 15) is 19.5 Å². The monoisotopic (exact) mass is 645 g/mol. The Morgan fingerprint density at radius 1 is 0.875 bits per heavy atom. The van der Waals surface area contributed by atoms with Crippen molar-refractivity contribution in [1.82, 2.24) is 16.0 Å². The van der Waals surface area contributed by atoms with E-state index >= 15 is 0 Å². The Balaban J connectivity index is 1.47. The summed E-state index contributed by atoms with van der Waals surface area (Å²) in [7, 11) is 1.57. The summed E-state index contributed by atoms with van der Waals surface area (Å²) in [6.07, 6.45) is 1.54. The lowest BCUT2D eigenvalue weighted by atomic mass is 9.95. The van der Waals surface area contributed by atoms with Crippen molar-refractivity contribution in [2.45, 2.75) is 51.4 Å². The summed E-state index contributed by atoms with van der Waals surface area (Å²) in [5.74, 6) is -0.528. The first-order valence-corrected chi connectivity index (χ1v) is 16.1. The molecule has 9 heteroatoms. The van der Waals surface area contributed by atoms with E-state index in [-0.39, 0.29) is 30.8 Å². The van der Waals surface area contributed by atoms with Crippen LogP contribution in [0.3, 0.4) is 0 Å². The molecular formula is C39H43N5O4. The van der Waals surface area contributed by atoms with Gasteiger partial charge in [-0.1, -0.05) is 91.0 Å². The summed E-state index contributed by atoms with van der Waals surface area (Å²) in [4.78, 5) is 42.0. The van der Waals surface area contributed by atoms with Crippen molar-refractivity contribution in [3.05, 3.63) is 120 Å². The zero-order chi connectivity index (χ0) is 34.3. The fraction of sp³-hybridized carbons (Fsp3) is 0.256. The van der Waals surface area contributed by atoms with Gasteiger partial charge in [-0.15, -0.1) is 0 Å². The van der Waals surface area contributed by atoms with Crippen molar-refractivity contribution < 1.29 is 19.5 Å². The van der Waals surface area contributed by atoms with Crippen LogP contribution in [0.15, 0.2) is 103 Å². The molecule has 0 bridgehead atoms. The van der Waals surface area contributed by atoms with Crippen molar-refractivity contribution >= 4 is 40.9 Å². The molecule has 0 spiro atoms. The minimum atomic E-state index is -0.943. The average Bonchev–Trinajstić information content (AvgIpc) is 3.19. The van der Waals surface area contributed by atoms with Crippen LogP contribution in [-0.2, 0) is 16.1 Å². The number of fused-ring (bicyclic) bond motifs is 1. The van der Waals surface area contributed by atoms with Crippen LogP contribution in [-0.4, -0.2) is 54.2 Å². The first-order chi connectivity index (χ1) is 23.0. The van der Waals surface area contributed by atoms with E-state index in [1.54, 1.807) is 18.9 Å². The number of carbonyl (C=O) groups excluding carboxylic acids is 3. The number of anilines is 2. The number of amides is 4. The summed E-state index contributed by atoms with van der Waals surface area (Å²) >= 11 is 0. The number of urea groups is 1. The Bertz CT molecular complexity index is 1780. The van der Waals surface area contributed by atoms with Crippen LogP contribution < -0.4 is 26.2 Å². The van der Waals surface area contributed by atoms with Gasteiger partial charge in [0, 0.05) is 31.1 Å². The predicted octanol–water partition coefficient (Wildman–Crippen LogP) is 5.82. The third-order valence-electron chi connectivity index (χ3n) is 8.26. The Labute approximate surface area is 282 Å². The fourth-order valence-corrected chi connectivity index (χ4v) is 5.80. The van der Waals surface area contributed by atoms with Gasteiger partial charge in [-0.2, -0.15) is 0 Å². The van der Waals surface area contributed by atoms with Gasteiger partial charge in [0.25, 0.3) is 5.91 Å². The fourth-order valence-electron chi connectivity index (χ4n) is 5.80. The SMILES string of the molecule is CNC(=O)Nc1ccccc1-c1ccc(CN2C(=O)C(NC(=O)CC(C)(C)NC[C@@H](C)O)C(c3ccccc3)=Cc3ccccc32)cc1. The molecule has 9 nitrogen and oxygen atoms in total. The second-order valence-corrected chi connectivity index (χ2v) is 12.7. The Kier molecular flexibility index (Phi) is 10.7. The summed E-state index contributed by atoms with van der Waals surface area (Å²) in [6.45, 7) is 6.11. The number of para-hydroxylation sites is 2. The summed E-state index contributed by atoms with van der Waals surface area (Å²) in [6, 6.07) is 31.6. The molecule has 5 N–H and O–H groups in total. The topological polar surface area (TPSA) is 123 Å². The molecule has 0 fully saturated rings. The molecule has 5 rings (SSSR count). The average molecular weight is 646 g/mol. The van der Waals surface area contributed by atoms with Crippen LogP contribution in [0.1, 0.15) is 43.9 Å². The van der Waals surface area contributed by atoms with E-state index in [0.717, 1.165) is 33.5 Å². The van der Waals surface area contributed by atoms with E-state index in [1.807, 2.05) is 123 Å². The maximum atomic E-state index is 14.7. The maximum absolute atomic E-state index is 14.7. The van der Waals surface area contributed by atoms with Crippen molar-refractivity contribution in [3.63, 3.8) is 0 Å². The number of nitrogens with zero attached hydrogens (tertiary/aromatic N) is 1. The van der Waals surface area contributed by atoms with Crippen molar-refractivity contribution in [3.8, 4) is 11.1 Å². The van der Waals surface area contributed by atoms with Gasteiger partial charge in [0.1, 0.15) is 6.04 Å². The highest BCUT2D eigenvalue weighted by molar-refractivity contribution is 6.13. The normalized spacial score (nSPS) is 15.1. The second kappa shape index (κ2) is 15.1. The first-order valence-electron chi connectivity index (χ1n) is 16.1. The second-order valence-electron chi connectivity index (χ2n) is 12.7. The van der Waals surface area contributed by atoms with Gasteiger partial charge < -0.3 is 31.3 Å². The van der Waals surface area contributed by atoms with Crippen LogP contribution in [0, 0.1) is 0 Å². The number of benzene rings is 4. The third-order valence-corrected chi connectivity index (χ3v) is 8.26. The van der Waals surface area contributed by atoms with Gasteiger partial charge in [0.2, 0.25) is 5.91 Å². The molecular weight excluding hydrogens is 602 g/mol. The van der Waals surface area contributed by atoms with E-state index < -0.39 is 17.7 Å². The first kappa shape index (κ1) is 34.1. The molecule has 0 aromatic heterocycles.